The largest absolute Gasteiger partial charge is 0.487 e. The highest BCUT2D eigenvalue weighted by Gasteiger charge is 2.41. The summed E-state index contributed by atoms with van der Waals surface area (Å²) in [5.74, 6) is -1.55. The number of carbonyl (C=O) groups is 1. The van der Waals surface area contributed by atoms with Crippen LogP contribution < -0.4 is 16.2 Å². The molecule has 20 heavy (non-hydrogen) atoms. The van der Waals surface area contributed by atoms with Gasteiger partial charge in [-0.25, -0.2) is 4.39 Å². The molecule has 8 heteroatoms. The van der Waals surface area contributed by atoms with E-state index in [0.717, 1.165) is 12.1 Å². The van der Waals surface area contributed by atoms with Crippen LogP contribution in [0.4, 0.5) is 10.1 Å². The van der Waals surface area contributed by atoms with Crippen molar-refractivity contribution in [3.05, 3.63) is 34.1 Å². The topological polar surface area (TPSA) is 121 Å². The highest BCUT2D eigenvalue weighted by atomic mass is 19.1. The van der Waals surface area contributed by atoms with Crippen molar-refractivity contribution in [2.24, 2.45) is 11.5 Å². The molecular weight excluding hydrogens is 269 g/mol. The maximum atomic E-state index is 13.7. The zero-order chi connectivity index (χ0) is 14.9. The predicted molar refractivity (Wildman–Crippen MR) is 67.4 cm³/mol. The molecule has 0 spiro atoms. The SMILES string of the molecule is NC(=O)C1(N)CCC(Oc2ccc([N+](=O)[O-])cc2F)C1. The molecule has 0 bridgehead atoms. The summed E-state index contributed by atoms with van der Waals surface area (Å²) < 4.78 is 19.1. The van der Waals surface area contributed by atoms with Crippen LogP contribution in [0.5, 0.6) is 5.75 Å². The van der Waals surface area contributed by atoms with Gasteiger partial charge >= 0.3 is 0 Å². The molecule has 1 saturated carbocycles. The second-order valence-electron chi connectivity index (χ2n) is 4.87. The van der Waals surface area contributed by atoms with Crippen LogP contribution in [0, 0.1) is 15.9 Å². The third kappa shape index (κ3) is 2.69. The minimum atomic E-state index is -1.14. The number of nitro benzene ring substituents is 1. The molecule has 4 N–H and O–H groups in total. The van der Waals surface area contributed by atoms with Crippen molar-refractivity contribution in [2.45, 2.75) is 30.9 Å². The summed E-state index contributed by atoms with van der Waals surface area (Å²) in [5, 5.41) is 10.5. The zero-order valence-corrected chi connectivity index (χ0v) is 10.5. The fourth-order valence-electron chi connectivity index (χ4n) is 2.23. The van der Waals surface area contributed by atoms with Crippen LogP contribution in [0.1, 0.15) is 19.3 Å². The van der Waals surface area contributed by atoms with Gasteiger partial charge in [0.1, 0.15) is 6.10 Å². The van der Waals surface area contributed by atoms with E-state index in [9.17, 15) is 19.3 Å². The summed E-state index contributed by atoms with van der Waals surface area (Å²) in [4.78, 5) is 21.0. The highest BCUT2D eigenvalue weighted by Crippen LogP contribution is 2.32. The van der Waals surface area contributed by atoms with Gasteiger partial charge in [-0.1, -0.05) is 0 Å². The van der Waals surface area contributed by atoms with Crippen molar-refractivity contribution in [3.8, 4) is 5.75 Å². The van der Waals surface area contributed by atoms with Crippen LogP contribution in [-0.4, -0.2) is 22.5 Å². The molecule has 0 aliphatic heterocycles. The van der Waals surface area contributed by atoms with Crippen LogP contribution >= 0.6 is 0 Å². The van der Waals surface area contributed by atoms with Crippen LogP contribution in [0.3, 0.4) is 0 Å². The highest BCUT2D eigenvalue weighted by molar-refractivity contribution is 5.84. The number of non-ortho nitro benzene ring substituents is 1. The average molecular weight is 283 g/mol. The Morgan fingerprint density at radius 1 is 1.55 bits per heavy atom. The van der Waals surface area contributed by atoms with Gasteiger partial charge in [0.2, 0.25) is 5.91 Å². The van der Waals surface area contributed by atoms with E-state index in [4.69, 9.17) is 16.2 Å². The first-order valence-corrected chi connectivity index (χ1v) is 6.01. The van der Waals surface area contributed by atoms with Crippen molar-refractivity contribution in [1.82, 2.24) is 0 Å². The molecule has 1 fully saturated rings. The van der Waals surface area contributed by atoms with Gasteiger partial charge in [-0.15, -0.1) is 0 Å². The van der Waals surface area contributed by atoms with Crippen molar-refractivity contribution in [1.29, 1.82) is 0 Å². The van der Waals surface area contributed by atoms with E-state index in [1.807, 2.05) is 0 Å². The Bertz CT molecular complexity index is 566. The minimum absolute atomic E-state index is 0.102. The average Bonchev–Trinajstić information content (AvgIpc) is 2.75. The van der Waals surface area contributed by atoms with Gasteiger partial charge < -0.3 is 16.2 Å². The molecule has 1 aliphatic carbocycles. The minimum Gasteiger partial charge on any atom is -0.487 e. The number of carbonyl (C=O) groups excluding carboxylic acids is 1. The quantitative estimate of drug-likeness (QED) is 0.626. The number of nitrogens with zero attached hydrogens (tertiary/aromatic N) is 1. The summed E-state index contributed by atoms with van der Waals surface area (Å²) >= 11 is 0. The van der Waals surface area contributed by atoms with E-state index < -0.39 is 28.3 Å². The van der Waals surface area contributed by atoms with Crippen LogP contribution in [-0.2, 0) is 4.79 Å². The molecule has 0 saturated heterocycles. The molecule has 2 atom stereocenters. The molecule has 108 valence electrons. The molecule has 7 nitrogen and oxygen atoms in total. The van der Waals surface area contributed by atoms with Gasteiger partial charge in [0.15, 0.2) is 11.6 Å². The Morgan fingerprint density at radius 3 is 2.75 bits per heavy atom. The first-order valence-electron chi connectivity index (χ1n) is 6.01. The number of rotatable bonds is 4. The molecule has 1 aliphatic rings. The van der Waals surface area contributed by atoms with E-state index in [1.54, 1.807) is 0 Å². The van der Waals surface area contributed by atoms with Gasteiger partial charge in [-0.05, 0) is 18.9 Å². The van der Waals surface area contributed by atoms with Crippen molar-refractivity contribution in [2.75, 3.05) is 0 Å². The fraction of sp³-hybridized carbons (Fsp3) is 0.417. The number of benzene rings is 1. The summed E-state index contributed by atoms with van der Waals surface area (Å²) in [5.41, 5.74) is 9.52. The number of amides is 1. The van der Waals surface area contributed by atoms with Crippen molar-refractivity contribution < 1.29 is 18.8 Å². The summed E-state index contributed by atoms with van der Waals surface area (Å²) in [6.45, 7) is 0. The molecule has 0 heterocycles. The van der Waals surface area contributed by atoms with Crippen LogP contribution in [0.2, 0.25) is 0 Å². The lowest BCUT2D eigenvalue weighted by atomic mass is 9.99. The summed E-state index contributed by atoms with van der Waals surface area (Å²) in [6, 6.07) is 3.12. The maximum Gasteiger partial charge on any atom is 0.272 e. The van der Waals surface area contributed by atoms with Gasteiger partial charge in [0, 0.05) is 12.5 Å². The number of nitrogens with two attached hydrogens (primary N) is 2. The number of ether oxygens (including phenoxy) is 1. The standard InChI is InChI=1S/C12H14FN3O4/c13-9-5-7(16(18)19)1-2-10(9)20-8-3-4-12(15,6-8)11(14)17/h1-2,5,8H,3-4,6,15H2,(H2,14,17). The molecule has 2 unspecified atom stereocenters. The van der Waals surface area contributed by atoms with Gasteiger partial charge in [-0.3, -0.25) is 14.9 Å². The van der Waals surface area contributed by atoms with E-state index in [0.29, 0.717) is 12.8 Å². The lowest BCUT2D eigenvalue weighted by molar-refractivity contribution is -0.385. The number of hydrogen-bond acceptors (Lipinski definition) is 5. The molecule has 0 aromatic heterocycles. The summed E-state index contributed by atoms with van der Waals surface area (Å²) in [6.07, 6.45) is 0.583. The second-order valence-corrected chi connectivity index (χ2v) is 4.87. The number of primary amides is 1. The first kappa shape index (κ1) is 14.2. The molecule has 2 rings (SSSR count). The van der Waals surface area contributed by atoms with E-state index in [-0.39, 0.29) is 17.9 Å². The molecule has 1 aromatic carbocycles. The maximum absolute atomic E-state index is 13.7. The fourth-order valence-corrected chi connectivity index (χ4v) is 2.23. The molecule has 0 radical (unpaired) electrons. The van der Waals surface area contributed by atoms with E-state index >= 15 is 0 Å². The normalized spacial score (nSPS) is 25.4. The van der Waals surface area contributed by atoms with E-state index in [1.165, 1.54) is 6.07 Å². The number of halogens is 1. The Balaban J connectivity index is 2.09. The van der Waals surface area contributed by atoms with Gasteiger partial charge in [0.25, 0.3) is 5.69 Å². The lowest BCUT2D eigenvalue weighted by Gasteiger charge is -2.20. The Morgan fingerprint density at radius 2 is 2.25 bits per heavy atom. The monoisotopic (exact) mass is 283 g/mol. The number of nitro groups is 1. The Kier molecular flexibility index (Phi) is 3.58. The third-order valence-corrected chi connectivity index (χ3v) is 3.41. The molecular formula is C12H14FN3O4. The summed E-state index contributed by atoms with van der Waals surface area (Å²) in [7, 11) is 0. The molecule has 1 aromatic rings. The van der Waals surface area contributed by atoms with E-state index in [2.05, 4.69) is 0 Å². The smallest absolute Gasteiger partial charge is 0.272 e. The Hall–Kier alpha value is -2.22. The predicted octanol–water partition coefficient (Wildman–Crippen LogP) is 0.848. The van der Waals surface area contributed by atoms with Crippen LogP contribution in [0.25, 0.3) is 0 Å². The number of hydrogen-bond donors (Lipinski definition) is 2. The third-order valence-electron chi connectivity index (χ3n) is 3.41. The van der Waals surface area contributed by atoms with Gasteiger partial charge in [0.05, 0.1) is 16.5 Å². The second kappa shape index (κ2) is 5.04. The first-order chi connectivity index (χ1) is 9.32. The molecule has 1 amide bonds. The van der Waals surface area contributed by atoms with Gasteiger partial charge in [-0.2, -0.15) is 0 Å². The van der Waals surface area contributed by atoms with Crippen molar-refractivity contribution >= 4 is 11.6 Å². The van der Waals surface area contributed by atoms with Crippen molar-refractivity contribution in [3.63, 3.8) is 0 Å². The van der Waals surface area contributed by atoms with Crippen LogP contribution in [0.15, 0.2) is 18.2 Å². The zero-order valence-electron chi connectivity index (χ0n) is 10.5. The lowest BCUT2D eigenvalue weighted by Crippen LogP contribution is -2.50. The Labute approximate surface area is 113 Å².